The summed E-state index contributed by atoms with van der Waals surface area (Å²) >= 11 is 0. The summed E-state index contributed by atoms with van der Waals surface area (Å²) in [6.45, 7) is 2.83. The molecule has 1 aliphatic heterocycles. The van der Waals surface area contributed by atoms with Gasteiger partial charge in [0.05, 0.1) is 0 Å². The predicted molar refractivity (Wildman–Crippen MR) is 93.8 cm³/mol. The Bertz CT molecular complexity index is 576. The molecule has 2 amide bonds. The van der Waals surface area contributed by atoms with Crippen molar-refractivity contribution in [2.75, 3.05) is 26.2 Å². The molecule has 0 radical (unpaired) electrons. The van der Waals surface area contributed by atoms with Crippen LogP contribution in [0, 0.1) is 5.82 Å². The lowest BCUT2D eigenvalue weighted by Gasteiger charge is -2.14. The number of carbonyl (C=O) groups is 2. The molecule has 0 bridgehead atoms. The Kier molecular flexibility index (Phi) is 9.04. The van der Waals surface area contributed by atoms with Crippen LogP contribution >= 0.6 is 12.4 Å². The van der Waals surface area contributed by atoms with E-state index in [-0.39, 0.29) is 30.0 Å². The van der Waals surface area contributed by atoms with Crippen molar-refractivity contribution in [1.29, 1.82) is 0 Å². The lowest BCUT2D eigenvalue weighted by molar-refractivity contribution is -0.121. The maximum Gasteiger partial charge on any atom is 0.251 e. The molecule has 1 aliphatic rings. The van der Waals surface area contributed by atoms with Crippen LogP contribution in [0.1, 0.15) is 29.6 Å². The van der Waals surface area contributed by atoms with Crippen LogP contribution < -0.4 is 16.0 Å². The summed E-state index contributed by atoms with van der Waals surface area (Å²) in [6.07, 6.45) is 4.01. The van der Waals surface area contributed by atoms with Crippen molar-refractivity contribution >= 4 is 24.2 Å². The number of benzene rings is 1. The molecule has 0 aliphatic carbocycles. The molecule has 0 saturated carbocycles. The first-order chi connectivity index (χ1) is 11.1. The zero-order valence-electron chi connectivity index (χ0n) is 13.4. The van der Waals surface area contributed by atoms with Crippen molar-refractivity contribution in [2.45, 2.75) is 19.3 Å². The van der Waals surface area contributed by atoms with E-state index in [0.29, 0.717) is 31.5 Å². The van der Waals surface area contributed by atoms with Crippen LogP contribution in [0.2, 0.25) is 0 Å². The van der Waals surface area contributed by atoms with E-state index in [4.69, 9.17) is 0 Å². The molecule has 2 rings (SSSR count). The highest BCUT2D eigenvalue weighted by molar-refractivity contribution is 5.94. The van der Waals surface area contributed by atoms with Crippen LogP contribution in [0.3, 0.4) is 0 Å². The summed E-state index contributed by atoms with van der Waals surface area (Å²) in [6, 6.07) is 5.36. The van der Waals surface area contributed by atoms with Gasteiger partial charge in [0.1, 0.15) is 5.82 Å². The molecular formula is C17H23ClFN3O2. The summed E-state index contributed by atoms with van der Waals surface area (Å²) in [5.74, 6) is -0.646. The Balaban J connectivity index is 0.00000288. The van der Waals surface area contributed by atoms with Crippen LogP contribution in [0.5, 0.6) is 0 Å². The van der Waals surface area contributed by atoms with E-state index in [0.717, 1.165) is 19.5 Å². The maximum absolute atomic E-state index is 12.8. The van der Waals surface area contributed by atoms with Gasteiger partial charge in [0.2, 0.25) is 5.91 Å². The fraction of sp³-hybridized carbons (Fsp3) is 0.412. The average Bonchev–Trinajstić information content (AvgIpc) is 2.58. The second-order valence-corrected chi connectivity index (χ2v) is 5.46. The molecule has 0 unspecified atom stereocenters. The van der Waals surface area contributed by atoms with E-state index in [2.05, 4.69) is 22.0 Å². The standard InChI is InChI=1S/C17H22FN3O2.ClH/c18-15-5-3-14(4-6-15)17(23)20-9-1-2-16(22)21-12-13-7-10-19-11-8-13;/h3-7,19H,1-2,8-12H2,(H,20,23)(H,21,22);1H. The van der Waals surface area contributed by atoms with Gasteiger partial charge in [-0.3, -0.25) is 9.59 Å². The fourth-order valence-corrected chi connectivity index (χ4v) is 2.28. The minimum absolute atomic E-state index is 0. The molecule has 1 heterocycles. The molecule has 0 fully saturated rings. The van der Waals surface area contributed by atoms with E-state index in [1.54, 1.807) is 0 Å². The Labute approximate surface area is 147 Å². The third-order valence-electron chi connectivity index (χ3n) is 3.64. The molecule has 24 heavy (non-hydrogen) atoms. The van der Waals surface area contributed by atoms with E-state index < -0.39 is 0 Å². The van der Waals surface area contributed by atoms with Crippen molar-refractivity contribution in [3.8, 4) is 0 Å². The zero-order chi connectivity index (χ0) is 16.5. The van der Waals surface area contributed by atoms with Gasteiger partial charge >= 0.3 is 0 Å². The molecule has 5 nitrogen and oxygen atoms in total. The van der Waals surface area contributed by atoms with Gasteiger partial charge in [-0.05, 0) is 43.7 Å². The van der Waals surface area contributed by atoms with Crippen molar-refractivity contribution in [1.82, 2.24) is 16.0 Å². The van der Waals surface area contributed by atoms with E-state index >= 15 is 0 Å². The third-order valence-corrected chi connectivity index (χ3v) is 3.64. The molecule has 3 N–H and O–H groups in total. The van der Waals surface area contributed by atoms with Gasteiger partial charge in [-0.2, -0.15) is 0 Å². The molecule has 0 saturated heterocycles. The summed E-state index contributed by atoms with van der Waals surface area (Å²) < 4.78 is 12.8. The van der Waals surface area contributed by atoms with Crippen LogP contribution in [-0.4, -0.2) is 38.0 Å². The average molecular weight is 356 g/mol. The quantitative estimate of drug-likeness (QED) is 0.516. The van der Waals surface area contributed by atoms with Gasteiger partial charge < -0.3 is 16.0 Å². The predicted octanol–water partition coefficient (Wildman–Crippen LogP) is 1.79. The first-order valence-corrected chi connectivity index (χ1v) is 7.84. The van der Waals surface area contributed by atoms with Crippen LogP contribution in [0.25, 0.3) is 0 Å². The highest BCUT2D eigenvalue weighted by atomic mass is 35.5. The molecule has 1 aromatic carbocycles. The lowest BCUT2D eigenvalue weighted by atomic mass is 10.1. The number of amides is 2. The van der Waals surface area contributed by atoms with Crippen molar-refractivity contribution in [3.63, 3.8) is 0 Å². The normalized spacial score (nSPS) is 13.5. The number of hydrogen-bond acceptors (Lipinski definition) is 3. The first kappa shape index (κ1) is 20.1. The lowest BCUT2D eigenvalue weighted by Crippen LogP contribution is -2.30. The van der Waals surface area contributed by atoms with Crippen molar-refractivity contribution in [3.05, 3.63) is 47.3 Å². The fourth-order valence-electron chi connectivity index (χ4n) is 2.28. The molecular weight excluding hydrogens is 333 g/mol. The van der Waals surface area contributed by atoms with Crippen molar-refractivity contribution < 1.29 is 14.0 Å². The van der Waals surface area contributed by atoms with E-state index in [1.165, 1.54) is 29.8 Å². The Morgan fingerprint density at radius 2 is 1.92 bits per heavy atom. The topological polar surface area (TPSA) is 70.2 Å². The van der Waals surface area contributed by atoms with Gasteiger partial charge in [0.25, 0.3) is 5.91 Å². The van der Waals surface area contributed by atoms with Gasteiger partial charge in [-0.15, -0.1) is 12.4 Å². The highest BCUT2D eigenvalue weighted by Crippen LogP contribution is 2.03. The second-order valence-electron chi connectivity index (χ2n) is 5.46. The van der Waals surface area contributed by atoms with Crippen LogP contribution in [0.15, 0.2) is 35.9 Å². The van der Waals surface area contributed by atoms with Crippen LogP contribution in [0.4, 0.5) is 4.39 Å². The minimum Gasteiger partial charge on any atom is -0.352 e. The van der Waals surface area contributed by atoms with Gasteiger partial charge in [-0.1, -0.05) is 11.6 Å². The molecule has 1 aromatic rings. The van der Waals surface area contributed by atoms with Gasteiger partial charge in [0.15, 0.2) is 0 Å². The molecule has 0 spiro atoms. The molecule has 0 aromatic heterocycles. The third kappa shape index (κ3) is 7.10. The number of rotatable bonds is 7. The summed E-state index contributed by atoms with van der Waals surface area (Å²) in [5, 5.41) is 8.83. The summed E-state index contributed by atoms with van der Waals surface area (Å²) in [5.41, 5.74) is 1.66. The zero-order valence-corrected chi connectivity index (χ0v) is 14.3. The summed E-state index contributed by atoms with van der Waals surface area (Å²) in [4.78, 5) is 23.5. The SMILES string of the molecule is Cl.O=C(CCCNC(=O)c1ccc(F)cc1)NCC1=CCNCC1. The van der Waals surface area contributed by atoms with Crippen molar-refractivity contribution in [2.24, 2.45) is 0 Å². The Morgan fingerprint density at radius 1 is 1.17 bits per heavy atom. The number of halogens is 2. The second kappa shape index (κ2) is 10.8. The largest absolute Gasteiger partial charge is 0.352 e. The van der Waals surface area contributed by atoms with Gasteiger partial charge in [0, 0.05) is 31.6 Å². The Hall–Kier alpha value is -1.92. The molecule has 7 heteroatoms. The number of nitrogens with one attached hydrogen (secondary N) is 3. The van der Waals surface area contributed by atoms with Crippen LogP contribution in [-0.2, 0) is 4.79 Å². The molecule has 132 valence electrons. The van der Waals surface area contributed by atoms with E-state index in [1.807, 2.05) is 0 Å². The highest BCUT2D eigenvalue weighted by Gasteiger charge is 2.07. The molecule has 0 atom stereocenters. The smallest absolute Gasteiger partial charge is 0.251 e. The van der Waals surface area contributed by atoms with Gasteiger partial charge in [-0.25, -0.2) is 4.39 Å². The Morgan fingerprint density at radius 3 is 2.58 bits per heavy atom. The first-order valence-electron chi connectivity index (χ1n) is 7.84. The maximum atomic E-state index is 12.8. The van der Waals surface area contributed by atoms with E-state index in [9.17, 15) is 14.0 Å². The minimum atomic E-state index is -0.373. The number of carbonyl (C=O) groups excluding carboxylic acids is 2. The number of hydrogen-bond donors (Lipinski definition) is 3. The summed E-state index contributed by atoms with van der Waals surface area (Å²) in [7, 11) is 0. The monoisotopic (exact) mass is 355 g/mol.